The van der Waals surface area contributed by atoms with Gasteiger partial charge in [-0.05, 0) is 24.1 Å². The van der Waals surface area contributed by atoms with Crippen molar-refractivity contribution in [3.05, 3.63) is 66.2 Å². The molecule has 0 aliphatic rings. The van der Waals surface area contributed by atoms with E-state index in [0.29, 0.717) is 11.6 Å². The van der Waals surface area contributed by atoms with Crippen LogP contribution in [-0.4, -0.2) is 16.6 Å². The van der Waals surface area contributed by atoms with Crippen LogP contribution in [0.4, 0.5) is 5.82 Å². The summed E-state index contributed by atoms with van der Waals surface area (Å²) in [5.41, 5.74) is 8.13. The van der Waals surface area contributed by atoms with Crippen LogP contribution in [0, 0.1) is 0 Å². The third kappa shape index (κ3) is 4.97. The zero-order chi connectivity index (χ0) is 17.5. The molecule has 0 aliphatic heterocycles. The maximum Gasteiger partial charge on any atom is 0.162 e. The molecule has 0 aliphatic carbocycles. The largest absolute Gasteiger partial charge is 0.494 e. The number of hydrogen-bond donors (Lipinski definition) is 1. The average Bonchev–Trinajstić information content (AvgIpc) is 2.66. The van der Waals surface area contributed by atoms with Crippen LogP contribution in [0.2, 0.25) is 0 Å². The molecule has 25 heavy (non-hydrogen) atoms. The molecule has 128 valence electrons. The summed E-state index contributed by atoms with van der Waals surface area (Å²) in [5.74, 6) is 2.87. The highest BCUT2D eigenvalue weighted by molar-refractivity contribution is 7.98. The Kier molecular flexibility index (Phi) is 5.90. The van der Waals surface area contributed by atoms with Crippen LogP contribution in [0.5, 0.6) is 5.75 Å². The minimum Gasteiger partial charge on any atom is -0.494 e. The first kappa shape index (κ1) is 17.3. The zero-order valence-corrected chi connectivity index (χ0v) is 15.0. The van der Waals surface area contributed by atoms with Gasteiger partial charge in [-0.2, -0.15) is 0 Å². The maximum atomic E-state index is 5.95. The number of ether oxygens (including phenoxy) is 1. The predicted octanol–water partition coefficient (Wildman–Crippen LogP) is 4.81. The number of anilines is 1. The van der Waals surface area contributed by atoms with Gasteiger partial charge in [0.2, 0.25) is 0 Å². The smallest absolute Gasteiger partial charge is 0.162 e. The molecule has 0 unspecified atom stereocenters. The van der Waals surface area contributed by atoms with Gasteiger partial charge in [0.05, 0.1) is 6.61 Å². The summed E-state index contributed by atoms with van der Waals surface area (Å²) < 4.78 is 5.61. The van der Waals surface area contributed by atoms with Crippen LogP contribution >= 0.6 is 11.8 Å². The van der Waals surface area contributed by atoms with Gasteiger partial charge in [0, 0.05) is 17.4 Å². The first-order chi connectivity index (χ1) is 12.2. The quantitative estimate of drug-likeness (QED) is 0.489. The second kappa shape index (κ2) is 8.53. The number of benzene rings is 2. The molecule has 0 bridgehead atoms. The molecule has 3 aromatic rings. The molecule has 4 nitrogen and oxygen atoms in total. The second-order valence-electron chi connectivity index (χ2n) is 5.60. The lowest BCUT2D eigenvalue weighted by atomic mass is 10.2. The van der Waals surface area contributed by atoms with Crippen LogP contribution in [0.1, 0.15) is 18.9 Å². The van der Waals surface area contributed by atoms with Gasteiger partial charge in [-0.25, -0.2) is 9.97 Å². The molecule has 0 radical (unpaired) electrons. The Morgan fingerprint density at radius 1 is 1.00 bits per heavy atom. The van der Waals surface area contributed by atoms with E-state index in [0.717, 1.165) is 35.1 Å². The number of aromatic nitrogens is 2. The summed E-state index contributed by atoms with van der Waals surface area (Å²) in [6.07, 6.45) is 1.01. The molecule has 2 aromatic carbocycles. The fourth-order valence-electron chi connectivity index (χ4n) is 2.29. The van der Waals surface area contributed by atoms with Crippen LogP contribution in [0.3, 0.4) is 0 Å². The lowest BCUT2D eigenvalue weighted by molar-refractivity contribution is 0.317. The Labute approximate surface area is 152 Å². The van der Waals surface area contributed by atoms with Crippen molar-refractivity contribution in [3.63, 3.8) is 0 Å². The summed E-state index contributed by atoms with van der Waals surface area (Å²) in [6, 6.07) is 19.9. The summed E-state index contributed by atoms with van der Waals surface area (Å²) >= 11 is 1.65. The molecule has 0 saturated carbocycles. The maximum absolute atomic E-state index is 5.95. The van der Waals surface area contributed by atoms with Crippen LogP contribution < -0.4 is 10.5 Å². The summed E-state index contributed by atoms with van der Waals surface area (Å²) in [4.78, 5) is 8.96. The Hall–Kier alpha value is -2.53. The first-order valence-electron chi connectivity index (χ1n) is 8.29. The molecule has 0 atom stereocenters. The lowest BCUT2D eigenvalue weighted by Crippen LogP contribution is -1.97. The zero-order valence-electron chi connectivity index (χ0n) is 14.2. The van der Waals surface area contributed by atoms with E-state index in [-0.39, 0.29) is 0 Å². The van der Waals surface area contributed by atoms with E-state index in [9.17, 15) is 0 Å². The molecular weight excluding hydrogens is 330 g/mol. The predicted molar refractivity (Wildman–Crippen MR) is 104 cm³/mol. The fraction of sp³-hybridized carbons (Fsp3) is 0.200. The van der Waals surface area contributed by atoms with Gasteiger partial charge in [0.15, 0.2) is 5.82 Å². The highest BCUT2D eigenvalue weighted by atomic mass is 32.2. The minimum absolute atomic E-state index is 0.486. The van der Waals surface area contributed by atoms with E-state index in [1.165, 1.54) is 5.56 Å². The van der Waals surface area contributed by atoms with E-state index in [1.54, 1.807) is 11.8 Å². The Bertz CT molecular complexity index is 807. The summed E-state index contributed by atoms with van der Waals surface area (Å²) in [6.45, 7) is 2.85. The van der Waals surface area contributed by atoms with Crippen molar-refractivity contribution >= 4 is 17.6 Å². The van der Waals surface area contributed by atoms with E-state index in [4.69, 9.17) is 10.5 Å². The monoisotopic (exact) mass is 351 g/mol. The Morgan fingerprint density at radius 3 is 2.48 bits per heavy atom. The van der Waals surface area contributed by atoms with Crippen LogP contribution in [0.15, 0.2) is 65.7 Å². The molecular formula is C20H21N3OS. The van der Waals surface area contributed by atoms with Crippen LogP contribution in [0.25, 0.3) is 11.4 Å². The number of nitrogens with zero attached hydrogens (tertiary/aromatic N) is 2. The number of thioether (sulfide) groups is 1. The molecule has 2 N–H and O–H groups in total. The van der Waals surface area contributed by atoms with Crippen molar-refractivity contribution in [3.8, 4) is 17.1 Å². The highest BCUT2D eigenvalue weighted by Gasteiger charge is 2.06. The van der Waals surface area contributed by atoms with Gasteiger partial charge >= 0.3 is 0 Å². The fourth-order valence-corrected chi connectivity index (χ4v) is 3.15. The van der Waals surface area contributed by atoms with Gasteiger partial charge in [-0.15, -0.1) is 11.8 Å². The van der Waals surface area contributed by atoms with E-state index >= 15 is 0 Å². The van der Waals surface area contributed by atoms with Gasteiger partial charge in [0.25, 0.3) is 0 Å². The number of rotatable bonds is 7. The normalized spacial score (nSPS) is 10.6. The number of nitrogen functional groups attached to an aromatic ring is 1. The number of nitrogens with two attached hydrogens (primary N) is 1. The van der Waals surface area contributed by atoms with Gasteiger partial charge in [-0.3, -0.25) is 0 Å². The van der Waals surface area contributed by atoms with Crippen molar-refractivity contribution in [2.24, 2.45) is 0 Å². The van der Waals surface area contributed by atoms with Crippen molar-refractivity contribution in [2.75, 3.05) is 12.3 Å². The van der Waals surface area contributed by atoms with Crippen molar-refractivity contribution in [1.82, 2.24) is 9.97 Å². The molecule has 3 rings (SSSR count). The molecule has 0 fully saturated rings. The van der Waals surface area contributed by atoms with E-state index in [2.05, 4.69) is 29.0 Å². The highest BCUT2D eigenvalue weighted by Crippen LogP contribution is 2.26. The third-order valence-corrected chi connectivity index (χ3v) is 4.52. The Morgan fingerprint density at radius 2 is 1.76 bits per heavy atom. The standard InChI is InChI=1S/C20H21N3OS/c1-2-12-24-17-10-8-15(9-11-17)14-25-19-13-18(21)22-20(23-19)16-6-4-3-5-7-16/h3-11,13H,2,12,14H2,1H3,(H2,21,22,23). The van der Waals surface area contributed by atoms with Crippen molar-refractivity contribution in [1.29, 1.82) is 0 Å². The first-order valence-corrected chi connectivity index (χ1v) is 9.27. The molecule has 0 saturated heterocycles. The Balaban J connectivity index is 1.68. The molecule has 1 heterocycles. The van der Waals surface area contributed by atoms with Gasteiger partial charge < -0.3 is 10.5 Å². The topological polar surface area (TPSA) is 61.0 Å². The molecule has 5 heteroatoms. The average molecular weight is 351 g/mol. The van der Waals surface area contributed by atoms with E-state index in [1.807, 2.05) is 48.5 Å². The lowest BCUT2D eigenvalue weighted by Gasteiger charge is -2.07. The summed E-state index contributed by atoms with van der Waals surface area (Å²) in [5, 5.41) is 0.873. The van der Waals surface area contributed by atoms with Crippen molar-refractivity contribution in [2.45, 2.75) is 24.1 Å². The third-order valence-electron chi connectivity index (χ3n) is 3.54. The number of hydrogen-bond acceptors (Lipinski definition) is 5. The molecule has 1 aromatic heterocycles. The SMILES string of the molecule is CCCOc1ccc(CSc2cc(N)nc(-c3ccccc3)n2)cc1. The van der Waals surface area contributed by atoms with Crippen molar-refractivity contribution < 1.29 is 4.74 Å². The molecule has 0 spiro atoms. The van der Waals surface area contributed by atoms with E-state index < -0.39 is 0 Å². The van der Waals surface area contributed by atoms with Gasteiger partial charge in [-0.1, -0.05) is 49.4 Å². The molecule has 0 amide bonds. The van der Waals surface area contributed by atoms with Gasteiger partial charge in [0.1, 0.15) is 16.6 Å². The minimum atomic E-state index is 0.486. The van der Waals surface area contributed by atoms with Crippen LogP contribution in [-0.2, 0) is 5.75 Å². The summed E-state index contributed by atoms with van der Waals surface area (Å²) in [7, 11) is 0. The second-order valence-corrected chi connectivity index (χ2v) is 6.60.